The number of amides is 1. The topological polar surface area (TPSA) is 91.4 Å². The molecule has 2 heterocycles. The Morgan fingerprint density at radius 1 is 1.11 bits per heavy atom. The van der Waals surface area contributed by atoms with Gasteiger partial charge in [0.25, 0.3) is 5.91 Å². The SMILES string of the molecule is CCOc1cc(C2CCN(C)CC2)c(C)cc1Nc1ncc(Cl)c(Nc2ccccc2C(=O)NC2CC2)n1. The number of carbonyl (C=O) groups is 1. The molecule has 0 spiro atoms. The summed E-state index contributed by atoms with van der Waals surface area (Å²) in [4.78, 5) is 24.2. The molecule has 1 aliphatic carbocycles. The lowest BCUT2D eigenvalue weighted by atomic mass is 9.86. The van der Waals surface area contributed by atoms with E-state index >= 15 is 0 Å². The summed E-state index contributed by atoms with van der Waals surface area (Å²) in [6.07, 6.45) is 5.88. The Labute approximate surface area is 229 Å². The molecule has 0 unspecified atom stereocenters. The molecular weight excluding hydrogens is 500 g/mol. The molecule has 3 N–H and O–H groups in total. The maximum absolute atomic E-state index is 12.7. The van der Waals surface area contributed by atoms with E-state index in [4.69, 9.17) is 16.3 Å². The highest BCUT2D eigenvalue weighted by Crippen LogP contribution is 2.37. The standard InChI is InChI=1S/C29H35ClN6O2/c1-4-38-26-16-22(19-11-13-36(3)14-12-19)18(2)15-25(26)34-29-31-17-23(30)27(35-29)33-24-8-6-5-7-21(24)28(37)32-20-9-10-20/h5-8,15-17,19-20H,4,9-14H2,1-3H3,(H,32,37)(H2,31,33,34,35). The minimum absolute atomic E-state index is 0.111. The van der Waals surface area contributed by atoms with Crippen LogP contribution in [0.2, 0.25) is 5.02 Å². The number of nitrogens with zero attached hydrogens (tertiary/aromatic N) is 3. The van der Waals surface area contributed by atoms with E-state index in [1.54, 1.807) is 12.3 Å². The fourth-order valence-electron chi connectivity index (χ4n) is 4.88. The smallest absolute Gasteiger partial charge is 0.253 e. The van der Waals surface area contributed by atoms with E-state index in [1.807, 2.05) is 25.1 Å². The van der Waals surface area contributed by atoms with E-state index in [0.717, 1.165) is 50.2 Å². The van der Waals surface area contributed by atoms with Crippen molar-refractivity contribution >= 4 is 40.6 Å². The first-order valence-electron chi connectivity index (χ1n) is 13.3. The number of hydrogen-bond donors (Lipinski definition) is 3. The Bertz CT molecular complexity index is 1300. The zero-order valence-electron chi connectivity index (χ0n) is 22.2. The van der Waals surface area contributed by atoms with Crippen molar-refractivity contribution in [2.24, 2.45) is 0 Å². The molecule has 2 fully saturated rings. The van der Waals surface area contributed by atoms with Crippen molar-refractivity contribution in [3.8, 4) is 5.75 Å². The molecular formula is C29H35ClN6O2. The predicted molar refractivity (Wildman–Crippen MR) is 152 cm³/mol. The summed E-state index contributed by atoms with van der Waals surface area (Å²) in [5.74, 6) is 1.99. The first-order chi connectivity index (χ1) is 18.4. The molecule has 9 heteroatoms. The highest BCUT2D eigenvalue weighted by atomic mass is 35.5. The normalized spacial score (nSPS) is 16.2. The molecule has 1 amide bonds. The quantitative estimate of drug-likeness (QED) is 0.309. The van der Waals surface area contributed by atoms with Gasteiger partial charge in [0.15, 0.2) is 5.82 Å². The average Bonchev–Trinajstić information content (AvgIpc) is 3.72. The monoisotopic (exact) mass is 534 g/mol. The Kier molecular flexibility index (Phi) is 8.00. The lowest BCUT2D eigenvalue weighted by molar-refractivity contribution is 0.0952. The third kappa shape index (κ3) is 6.19. The Morgan fingerprint density at radius 3 is 2.61 bits per heavy atom. The number of aromatic nitrogens is 2. The fourth-order valence-corrected chi connectivity index (χ4v) is 5.02. The Hall–Kier alpha value is -3.36. The van der Waals surface area contributed by atoms with Crippen LogP contribution in [0.5, 0.6) is 5.75 Å². The highest BCUT2D eigenvalue weighted by Gasteiger charge is 2.25. The number of ether oxygens (including phenoxy) is 1. The van der Waals surface area contributed by atoms with Gasteiger partial charge >= 0.3 is 0 Å². The second-order valence-electron chi connectivity index (χ2n) is 10.1. The lowest BCUT2D eigenvalue weighted by Crippen LogP contribution is -2.29. The van der Waals surface area contributed by atoms with Crippen LogP contribution in [0.25, 0.3) is 0 Å². The largest absolute Gasteiger partial charge is 0.492 e. The third-order valence-corrected chi connectivity index (χ3v) is 7.43. The van der Waals surface area contributed by atoms with Gasteiger partial charge in [-0.2, -0.15) is 4.98 Å². The van der Waals surface area contributed by atoms with Crippen LogP contribution in [0, 0.1) is 6.92 Å². The zero-order chi connectivity index (χ0) is 26.6. The predicted octanol–water partition coefficient (Wildman–Crippen LogP) is 6.03. The molecule has 5 rings (SSSR count). The number of piperidine rings is 1. The molecule has 8 nitrogen and oxygen atoms in total. The summed E-state index contributed by atoms with van der Waals surface area (Å²) in [7, 11) is 2.18. The van der Waals surface area contributed by atoms with Crippen molar-refractivity contribution in [1.82, 2.24) is 20.2 Å². The number of benzene rings is 2. The molecule has 0 bridgehead atoms. The fraction of sp³-hybridized carbons (Fsp3) is 0.414. The van der Waals surface area contributed by atoms with Gasteiger partial charge in [0, 0.05) is 6.04 Å². The minimum atomic E-state index is -0.111. The number of likely N-dealkylation sites (tertiary alicyclic amines) is 1. The number of para-hydroxylation sites is 1. The summed E-state index contributed by atoms with van der Waals surface area (Å²) >= 11 is 6.45. The summed E-state index contributed by atoms with van der Waals surface area (Å²) < 4.78 is 6.03. The summed E-state index contributed by atoms with van der Waals surface area (Å²) in [6.45, 7) is 6.89. The van der Waals surface area contributed by atoms with E-state index in [0.29, 0.717) is 40.6 Å². The molecule has 1 aromatic heterocycles. The maximum Gasteiger partial charge on any atom is 0.253 e. The number of halogens is 1. The molecule has 1 saturated heterocycles. The van der Waals surface area contributed by atoms with Crippen molar-refractivity contribution in [2.45, 2.75) is 51.5 Å². The van der Waals surface area contributed by atoms with Crippen LogP contribution >= 0.6 is 11.6 Å². The molecule has 2 aliphatic rings. The maximum atomic E-state index is 12.7. The summed E-state index contributed by atoms with van der Waals surface area (Å²) in [5, 5.41) is 9.95. The molecule has 200 valence electrons. The van der Waals surface area contributed by atoms with E-state index in [9.17, 15) is 4.79 Å². The Morgan fingerprint density at radius 2 is 1.87 bits per heavy atom. The zero-order valence-corrected chi connectivity index (χ0v) is 22.9. The van der Waals surface area contributed by atoms with Gasteiger partial charge in [-0.15, -0.1) is 0 Å². The van der Waals surface area contributed by atoms with Gasteiger partial charge in [0.2, 0.25) is 5.95 Å². The van der Waals surface area contributed by atoms with Gasteiger partial charge in [0.05, 0.1) is 29.7 Å². The first kappa shape index (κ1) is 26.3. The molecule has 0 atom stereocenters. The number of hydrogen-bond acceptors (Lipinski definition) is 7. The van der Waals surface area contributed by atoms with Crippen LogP contribution in [-0.2, 0) is 0 Å². The van der Waals surface area contributed by atoms with Gasteiger partial charge < -0.3 is 25.6 Å². The molecule has 38 heavy (non-hydrogen) atoms. The summed E-state index contributed by atoms with van der Waals surface area (Å²) in [5.41, 5.74) is 4.53. The average molecular weight is 535 g/mol. The van der Waals surface area contributed by atoms with Crippen LogP contribution in [0.3, 0.4) is 0 Å². The van der Waals surface area contributed by atoms with Crippen molar-refractivity contribution in [2.75, 3.05) is 37.4 Å². The number of aryl methyl sites for hydroxylation is 1. The number of anilines is 4. The van der Waals surface area contributed by atoms with Crippen LogP contribution in [0.4, 0.5) is 23.1 Å². The number of nitrogens with one attached hydrogen (secondary N) is 3. The van der Waals surface area contributed by atoms with Gasteiger partial charge in [-0.05, 0) is 101 Å². The van der Waals surface area contributed by atoms with Gasteiger partial charge in [-0.25, -0.2) is 4.98 Å². The number of carbonyl (C=O) groups excluding carboxylic acids is 1. The van der Waals surface area contributed by atoms with E-state index in [2.05, 4.69) is 56.9 Å². The second-order valence-corrected chi connectivity index (χ2v) is 10.6. The molecule has 0 radical (unpaired) electrons. The van der Waals surface area contributed by atoms with Crippen molar-refractivity contribution < 1.29 is 9.53 Å². The number of rotatable bonds is 9. The van der Waals surface area contributed by atoms with Crippen molar-refractivity contribution in [3.63, 3.8) is 0 Å². The molecule has 1 aliphatic heterocycles. The van der Waals surface area contributed by atoms with Crippen LogP contribution < -0.4 is 20.7 Å². The lowest BCUT2D eigenvalue weighted by Gasteiger charge is -2.30. The van der Waals surface area contributed by atoms with E-state index in [1.165, 1.54) is 11.1 Å². The van der Waals surface area contributed by atoms with Crippen LogP contribution in [0.1, 0.15) is 60.0 Å². The van der Waals surface area contributed by atoms with Gasteiger partial charge in [0.1, 0.15) is 10.8 Å². The van der Waals surface area contributed by atoms with E-state index < -0.39 is 0 Å². The second kappa shape index (κ2) is 11.6. The molecule has 3 aromatic rings. The summed E-state index contributed by atoms with van der Waals surface area (Å²) in [6, 6.07) is 11.9. The van der Waals surface area contributed by atoms with Crippen LogP contribution in [-0.4, -0.2) is 53.6 Å². The third-order valence-electron chi connectivity index (χ3n) is 7.15. The van der Waals surface area contributed by atoms with Crippen molar-refractivity contribution in [3.05, 3.63) is 64.3 Å². The van der Waals surface area contributed by atoms with Crippen molar-refractivity contribution in [1.29, 1.82) is 0 Å². The first-order valence-corrected chi connectivity index (χ1v) is 13.7. The Balaban J connectivity index is 1.38. The molecule has 2 aromatic carbocycles. The van der Waals surface area contributed by atoms with Crippen LogP contribution in [0.15, 0.2) is 42.6 Å². The molecule has 1 saturated carbocycles. The van der Waals surface area contributed by atoms with Gasteiger partial charge in [-0.3, -0.25) is 4.79 Å². The van der Waals surface area contributed by atoms with Gasteiger partial charge in [-0.1, -0.05) is 23.7 Å². The minimum Gasteiger partial charge on any atom is -0.492 e. The van der Waals surface area contributed by atoms with E-state index in [-0.39, 0.29) is 11.9 Å². The highest BCUT2D eigenvalue weighted by molar-refractivity contribution is 6.33.